The van der Waals surface area contributed by atoms with Crippen LogP contribution in [0.25, 0.3) is 0 Å². The van der Waals surface area contributed by atoms with Crippen LogP contribution in [-0.2, 0) is 11.2 Å². The number of hydrogen-bond acceptors (Lipinski definition) is 5. The van der Waals surface area contributed by atoms with Gasteiger partial charge in [0.15, 0.2) is 17.2 Å². The van der Waals surface area contributed by atoms with Gasteiger partial charge in [0.1, 0.15) is 5.78 Å². The number of rotatable bonds is 6. The summed E-state index contributed by atoms with van der Waals surface area (Å²) in [7, 11) is 0. The van der Waals surface area contributed by atoms with E-state index in [4.69, 9.17) is 9.99 Å². The number of para-hydroxylation sites is 1. The largest absolute Gasteiger partial charge is 0.504 e. The third-order valence-corrected chi connectivity index (χ3v) is 2.94. The van der Waals surface area contributed by atoms with Crippen LogP contribution in [0.3, 0.4) is 0 Å². The van der Waals surface area contributed by atoms with Gasteiger partial charge in [0.25, 0.3) is 0 Å². The van der Waals surface area contributed by atoms with Crippen molar-refractivity contribution in [3.63, 3.8) is 0 Å². The van der Waals surface area contributed by atoms with E-state index in [1.807, 2.05) is 13.0 Å². The van der Waals surface area contributed by atoms with Crippen LogP contribution in [0.5, 0.6) is 17.2 Å². The molecular formula is C18H22O5. The lowest BCUT2D eigenvalue weighted by molar-refractivity contribution is -0.137. The zero-order valence-corrected chi connectivity index (χ0v) is 13.4. The van der Waals surface area contributed by atoms with Gasteiger partial charge in [-0.2, -0.15) is 0 Å². The predicted octanol–water partition coefficient (Wildman–Crippen LogP) is 3.85. The molecule has 0 spiro atoms. The Bertz CT molecular complexity index is 596. The highest BCUT2D eigenvalue weighted by Gasteiger charge is 2.04. The average molecular weight is 318 g/mol. The van der Waals surface area contributed by atoms with E-state index in [-0.39, 0.29) is 11.5 Å². The maximum Gasteiger partial charge on any atom is 0.165 e. The lowest BCUT2D eigenvalue weighted by Gasteiger charge is -2.07. The van der Waals surface area contributed by atoms with Gasteiger partial charge < -0.3 is 19.5 Å². The minimum atomic E-state index is 0.142. The fourth-order valence-corrected chi connectivity index (χ4v) is 1.79. The number of carbonyl (C=O) groups excluding carboxylic acids is 1. The molecule has 0 aromatic heterocycles. The van der Waals surface area contributed by atoms with Crippen molar-refractivity contribution < 1.29 is 24.8 Å². The Morgan fingerprint density at radius 2 is 1.83 bits per heavy atom. The Kier molecular flexibility index (Phi) is 8.24. The molecule has 124 valence electrons. The van der Waals surface area contributed by atoms with Crippen molar-refractivity contribution in [1.29, 1.82) is 0 Å². The predicted molar refractivity (Wildman–Crippen MR) is 88.0 cm³/mol. The molecule has 0 saturated heterocycles. The van der Waals surface area contributed by atoms with Crippen LogP contribution in [0.2, 0.25) is 0 Å². The number of benzene rings is 2. The van der Waals surface area contributed by atoms with E-state index in [0.717, 1.165) is 5.56 Å². The van der Waals surface area contributed by atoms with Crippen LogP contribution in [-0.4, -0.2) is 22.8 Å². The summed E-state index contributed by atoms with van der Waals surface area (Å²) in [6.45, 7) is 3.95. The van der Waals surface area contributed by atoms with Gasteiger partial charge in [0, 0.05) is 6.42 Å². The lowest BCUT2D eigenvalue weighted by atomic mass is 10.1. The van der Waals surface area contributed by atoms with Crippen molar-refractivity contribution in [2.45, 2.75) is 26.7 Å². The molecule has 0 fully saturated rings. The average Bonchev–Trinajstić information content (AvgIpc) is 2.57. The summed E-state index contributed by atoms with van der Waals surface area (Å²) in [6, 6.07) is 13.9. The van der Waals surface area contributed by atoms with E-state index in [0.29, 0.717) is 30.9 Å². The summed E-state index contributed by atoms with van der Waals surface area (Å²) >= 11 is 0. The van der Waals surface area contributed by atoms with Gasteiger partial charge in [-0.25, -0.2) is 5.26 Å². The molecule has 0 amide bonds. The number of ether oxygens (including phenoxy) is 1. The van der Waals surface area contributed by atoms with Crippen LogP contribution >= 0.6 is 0 Å². The number of aromatic hydroxyl groups is 1. The SMILES string of the molecule is CCOc1cc(CCC(C)=O)ccc1O.OOc1ccccc1. The first kappa shape index (κ1) is 18.5. The van der Waals surface area contributed by atoms with Gasteiger partial charge in [-0.15, -0.1) is 0 Å². The molecule has 5 heteroatoms. The highest BCUT2D eigenvalue weighted by atomic mass is 17.1. The van der Waals surface area contributed by atoms with Crippen molar-refractivity contribution in [2.75, 3.05) is 6.61 Å². The number of aryl methyl sites for hydroxylation is 1. The van der Waals surface area contributed by atoms with Crippen molar-refractivity contribution in [1.82, 2.24) is 0 Å². The standard InChI is InChI=1S/C12H16O3.C6H6O2/c1-3-15-12-8-10(5-4-9(2)13)6-7-11(12)14;7-8-6-4-2-1-3-5-6/h6-8,14H,3-5H2,1-2H3;1-5,7H. The van der Waals surface area contributed by atoms with Gasteiger partial charge in [-0.05, 0) is 50.1 Å². The molecule has 0 bridgehead atoms. The summed E-state index contributed by atoms with van der Waals surface area (Å²) < 4.78 is 5.25. The zero-order chi connectivity index (χ0) is 17.1. The van der Waals surface area contributed by atoms with E-state index in [2.05, 4.69) is 4.89 Å². The molecule has 0 aliphatic carbocycles. The maximum absolute atomic E-state index is 10.8. The lowest BCUT2D eigenvalue weighted by Crippen LogP contribution is -1.96. The fraction of sp³-hybridized carbons (Fsp3) is 0.278. The molecule has 2 N–H and O–H groups in total. The number of phenolic OH excluding ortho intramolecular Hbond substituents is 1. The van der Waals surface area contributed by atoms with Crippen LogP contribution < -0.4 is 9.62 Å². The summed E-state index contributed by atoms with van der Waals surface area (Å²) in [5.74, 6) is 1.26. The van der Waals surface area contributed by atoms with E-state index in [1.54, 1.807) is 49.4 Å². The second-order valence-electron chi connectivity index (χ2n) is 4.84. The van der Waals surface area contributed by atoms with Crippen molar-refractivity contribution in [3.05, 3.63) is 54.1 Å². The monoisotopic (exact) mass is 318 g/mol. The van der Waals surface area contributed by atoms with Crippen molar-refractivity contribution >= 4 is 5.78 Å². The van der Waals surface area contributed by atoms with Gasteiger partial charge in [-0.1, -0.05) is 24.3 Å². The second-order valence-corrected chi connectivity index (χ2v) is 4.84. The highest BCUT2D eigenvalue weighted by Crippen LogP contribution is 2.27. The van der Waals surface area contributed by atoms with Gasteiger partial charge in [0.05, 0.1) is 6.61 Å². The molecule has 0 saturated carbocycles. The Morgan fingerprint density at radius 1 is 1.13 bits per heavy atom. The van der Waals surface area contributed by atoms with E-state index < -0.39 is 0 Å². The number of Topliss-reactive ketones (excluding diaryl/α,β-unsaturated/α-hetero) is 1. The molecule has 0 aliphatic rings. The number of ketones is 1. The van der Waals surface area contributed by atoms with E-state index in [1.165, 1.54) is 0 Å². The number of hydrogen-bond donors (Lipinski definition) is 2. The summed E-state index contributed by atoms with van der Waals surface area (Å²) in [5, 5.41) is 17.5. The van der Waals surface area contributed by atoms with Crippen LogP contribution in [0.1, 0.15) is 25.8 Å². The molecule has 5 nitrogen and oxygen atoms in total. The van der Waals surface area contributed by atoms with Crippen molar-refractivity contribution in [2.24, 2.45) is 0 Å². The Balaban J connectivity index is 0.000000277. The summed E-state index contributed by atoms with van der Waals surface area (Å²) in [6.07, 6.45) is 1.21. The first-order chi connectivity index (χ1) is 11.1. The topological polar surface area (TPSA) is 76.0 Å². The van der Waals surface area contributed by atoms with Gasteiger partial charge in [0.2, 0.25) is 0 Å². The number of carbonyl (C=O) groups is 1. The molecule has 2 aromatic rings. The molecule has 2 rings (SSSR count). The molecule has 0 radical (unpaired) electrons. The van der Waals surface area contributed by atoms with Crippen LogP contribution in [0.15, 0.2) is 48.5 Å². The van der Waals surface area contributed by atoms with Gasteiger partial charge in [-0.3, -0.25) is 0 Å². The first-order valence-electron chi connectivity index (χ1n) is 7.37. The first-order valence-corrected chi connectivity index (χ1v) is 7.37. The minimum Gasteiger partial charge on any atom is -0.504 e. The third kappa shape index (κ3) is 7.33. The summed E-state index contributed by atoms with van der Waals surface area (Å²) in [4.78, 5) is 14.7. The van der Waals surface area contributed by atoms with E-state index >= 15 is 0 Å². The fourth-order valence-electron chi connectivity index (χ4n) is 1.79. The second kappa shape index (κ2) is 10.2. The zero-order valence-electron chi connectivity index (χ0n) is 13.4. The van der Waals surface area contributed by atoms with Gasteiger partial charge >= 0.3 is 0 Å². The molecule has 0 unspecified atom stereocenters. The molecule has 23 heavy (non-hydrogen) atoms. The van der Waals surface area contributed by atoms with E-state index in [9.17, 15) is 9.90 Å². The highest BCUT2D eigenvalue weighted by molar-refractivity contribution is 5.75. The van der Waals surface area contributed by atoms with Crippen LogP contribution in [0, 0.1) is 0 Å². The molecule has 2 aromatic carbocycles. The number of phenols is 1. The Labute approximate surface area is 136 Å². The summed E-state index contributed by atoms with van der Waals surface area (Å²) in [5.41, 5.74) is 1.01. The third-order valence-electron chi connectivity index (χ3n) is 2.94. The Hall–Kier alpha value is -2.53. The quantitative estimate of drug-likeness (QED) is 0.625. The van der Waals surface area contributed by atoms with Crippen LogP contribution in [0.4, 0.5) is 0 Å². The maximum atomic E-state index is 10.8. The normalized spacial score (nSPS) is 9.52. The minimum absolute atomic E-state index is 0.142. The molecule has 0 atom stereocenters. The Morgan fingerprint density at radius 3 is 2.35 bits per heavy atom. The van der Waals surface area contributed by atoms with Crippen molar-refractivity contribution in [3.8, 4) is 17.2 Å². The smallest absolute Gasteiger partial charge is 0.165 e. The molecule has 0 heterocycles. The molecular weight excluding hydrogens is 296 g/mol. The molecule has 0 aliphatic heterocycles.